The summed E-state index contributed by atoms with van der Waals surface area (Å²) in [5, 5.41) is 0. The molecule has 0 bridgehead atoms. The SMILES string of the molecule is COC(=O)c1cc(C(C=O)N(C)C(=O)OC(C)(C)C)cn1C. The first kappa shape index (κ1) is 17.7. The monoisotopic (exact) mass is 310 g/mol. The molecule has 7 heteroatoms. The van der Waals surface area contributed by atoms with Crippen molar-refractivity contribution in [3.05, 3.63) is 23.5 Å². The number of aromatic nitrogens is 1. The van der Waals surface area contributed by atoms with Gasteiger partial charge in [0.25, 0.3) is 0 Å². The molecular weight excluding hydrogens is 288 g/mol. The van der Waals surface area contributed by atoms with E-state index in [1.165, 1.54) is 25.1 Å². The van der Waals surface area contributed by atoms with Crippen LogP contribution in [0.1, 0.15) is 42.9 Å². The lowest BCUT2D eigenvalue weighted by molar-refractivity contribution is -0.112. The van der Waals surface area contributed by atoms with Crippen molar-refractivity contribution < 1.29 is 23.9 Å². The van der Waals surface area contributed by atoms with Gasteiger partial charge in [-0.2, -0.15) is 0 Å². The second-order valence-corrected chi connectivity index (χ2v) is 5.93. The van der Waals surface area contributed by atoms with Crippen LogP contribution in [-0.2, 0) is 21.3 Å². The summed E-state index contributed by atoms with van der Waals surface area (Å²) in [5.74, 6) is -0.515. The molecule has 1 aromatic heterocycles. The van der Waals surface area contributed by atoms with Crippen molar-refractivity contribution in [2.45, 2.75) is 32.4 Å². The van der Waals surface area contributed by atoms with Crippen molar-refractivity contribution in [2.24, 2.45) is 7.05 Å². The Morgan fingerprint density at radius 1 is 1.36 bits per heavy atom. The molecule has 0 aromatic carbocycles. The lowest BCUT2D eigenvalue weighted by Crippen LogP contribution is -2.37. The standard InChI is InChI=1S/C15H22N2O5/c1-15(2,3)22-14(20)17(5)12(9-18)10-7-11(13(19)21-6)16(4)8-10/h7-9,12H,1-6H3. The van der Waals surface area contributed by atoms with Crippen LogP contribution in [0.4, 0.5) is 4.79 Å². The molecule has 1 amide bonds. The van der Waals surface area contributed by atoms with Gasteiger partial charge in [0, 0.05) is 25.9 Å². The number of amides is 1. The Labute approximate surface area is 129 Å². The molecule has 22 heavy (non-hydrogen) atoms. The normalized spacial score (nSPS) is 12.5. The van der Waals surface area contributed by atoms with Crippen molar-refractivity contribution in [1.29, 1.82) is 0 Å². The number of likely N-dealkylation sites (N-methyl/N-ethyl adjacent to an activating group) is 1. The van der Waals surface area contributed by atoms with E-state index >= 15 is 0 Å². The van der Waals surface area contributed by atoms with Crippen LogP contribution >= 0.6 is 0 Å². The first-order valence-corrected chi connectivity index (χ1v) is 6.76. The molecule has 1 atom stereocenters. The number of hydrogen-bond donors (Lipinski definition) is 0. The quantitative estimate of drug-likeness (QED) is 0.627. The van der Waals surface area contributed by atoms with Crippen LogP contribution in [0, 0.1) is 0 Å². The number of esters is 1. The molecule has 0 fully saturated rings. The number of carbonyl (C=O) groups excluding carboxylic acids is 3. The van der Waals surface area contributed by atoms with Crippen molar-refractivity contribution in [3.63, 3.8) is 0 Å². The molecular formula is C15H22N2O5. The molecule has 0 aliphatic carbocycles. The Balaban J connectivity index is 3.04. The van der Waals surface area contributed by atoms with E-state index in [1.54, 1.807) is 38.6 Å². The third-order valence-corrected chi connectivity index (χ3v) is 2.99. The van der Waals surface area contributed by atoms with Crippen LogP contribution in [0.5, 0.6) is 0 Å². The maximum absolute atomic E-state index is 12.1. The molecule has 1 aromatic rings. The van der Waals surface area contributed by atoms with Crippen LogP contribution in [0.2, 0.25) is 0 Å². The highest BCUT2D eigenvalue weighted by molar-refractivity contribution is 5.88. The van der Waals surface area contributed by atoms with E-state index in [0.29, 0.717) is 17.5 Å². The molecule has 1 heterocycles. The van der Waals surface area contributed by atoms with Crippen molar-refractivity contribution in [3.8, 4) is 0 Å². The van der Waals surface area contributed by atoms with E-state index in [4.69, 9.17) is 4.74 Å². The predicted octanol–water partition coefficient (Wildman–Crippen LogP) is 1.92. The molecule has 1 rings (SSSR count). The highest BCUT2D eigenvalue weighted by Crippen LogP contribution is 2.22. The molecule has 0 aliphatic rings. The van der Waals surface area contributed by atoms with Crippen LogP contribution in [0.15, 0.2) is 12.3 Å². The highest BCUT2D eigenvalue weighted by Gasteiger charge is 2.28. The third kappa shape index (κ3) is 4.09. The van der Waals surface area contributed by atoms with Gasteiger partial charge in [-0.1, -0.05) is 0 Å². The molecule has 0 spiro atoms. The Morgan fingerprint density at radius 2 is 1.95 bits per heavy atom. The van der Waals surface area contributed by atoms with Gasteiger partial charge in [-0.25, -0.2) is 9.59 Å². The Morgan fingerprint density at radius 3 is 2.41 bits per heavy atom. The second-order valence-electron chi connectivity index (χ2n) is 5.93. The smallest absolute Gasteiger partial charge is 0.410 e. The Bertz CT molecular complexity index is 571. The zero-order valence-corrected chi connectivity index (χ0v) is 13.7. The van der Waals surface area contributed by atoms with Gasteiger partial charge in [0.1, 0.15) is 23.6 Å². The summed E-state index contributed by atoms with van der Waals surface area (Å²) in [6, 6.07) is 0.672. The van der Waals surface area contributed by atoms with E-state index in [-0.39, 0.29) is 0 Å². The first-order valence-electron chi connectivity index (χ1n) is 6.76. The van der Waals surface area contributed by atoms with Gasteiger partial charge in [0.05, 0.1) is 7.11 Å². The molecule has 0 radical (unpaired) electrons. The number of aryl methyl sites for hydroxylation is 1. The van der Waals surface area contributed by atoms with Crippen molar-refractivity contribution in [1.82, 2.24) is 9.47 Å². The minimum atomic E-state index is -0.848. The largest absolute Gasteiger partial charge is 0.464 e. The number of aldehydes is 1. The second kappa shape index (κ2) is 6.64. The molecule has 0 N–H and O–H groups in total. The first-order chi connectivity index (χ1) is 10.1. The lowest BCUT2D eigenvalue weighted by atomic mass is 10.1. The zero-order valence-electron chi connectivity index (χ0n) is 13.7. The summed E-state index contributed by atoms with van der Waals surface area (Å²) in [4.78, 5) is 36.3. The maximum atomic E-state index is 12.1. The summed E-state index contributed by atoms with van der Waals surface area (Å²) in [6.45, 7) is 5.23. The predicted molar refractivity (Wildman–Crippen MR) is 79.6 cm³/mol. The number of methoxy groups -OCH3 is 1. The summed E-state index contributed by atoms with van der Waals surface area (Å²) in [6.07, 6.45) is 1.61. The number of rotatable bonds is 4. The topological polar surface area (TPSA) is 77.8 Å². The lowest BCUT2D eigenvalue weighted by Gasteiger charge is -2.27. The van der Waals surface area contributed by atoms with Gasteiger partial charge < -0.3 is 18.8 Å². The number of ether oxygens (including phenoxy) is 2. The summed E-state index contributed by atoms with van der Waals surface area (Å²) >= 11 is 0. The van der Waals surface area contributed by atoms with E-state index in [0.717, 1.165) is 0 Å². The zero-order chi connectivity index (χ0) is 17.1. The summed E-state index contributed by atoms with van der Waals surface area (Å²) in [5.41, 5.74) is 0.139. The van der Waals surface area contributed by atoms with Crippen LogP contribution in [0.3, 0.4) is 0 Å². The van der Waals surface area contributed by atoms with E-state index in [1.807, 2.05) is 0 Å². The van der Waals surface area contributed by atoms with E-state index in [9.17, 15) is 14.4 Å². The average molecular weight is 310 g/mol. The molecule has 1 unspecified atom stereocenters. The van der Waals surface area contributed by atoms with Gasteiger partial charge in [-0.05, 0) is 26.8 Å². The third-order valence-electron chi connectivity index (χ3n) is 2.99. The van der Waals surface area contributed by atoms with Gasteiger partial charge in [-0.15, -0.1) is 0 Å². The fourth-order valence-corrected chi connectivity index (χ4v) is 1.90. The van der Waals surface area contributed by atoms with E-state index < -0.39 is 23.7 Å². The minimum Gasteiger partial charge on any atom is -0.464 e. The average Bonchev–Trinajstić information content (AvgIpc) is 2.78. The molecule has 0 saturated carbocycles. The molecule has 122 valence electrons. The van der Waals surface area contributed by atoms with Gasteiger partial charge in [0.15, 0.2) is 0 Å². The molecule has 0 saturated heterocycles. The van der Waals surface area contributed by atoms with Crippen molar-refractivity contribution >= 4 is 18.3 Å². The van der Waals surface area contributed by atoms with Crippen molar-refractivity contribution in [2.75, 3.05) is 14.2 Å². The van der Waals surface area contributed by atoms with E-state index in [2.05, 4.69) is 4.74 Å². The fourth-order valence-electron chi connectivity index (χ4n) is 1.90. The van der Waals surface area contributed by atoms with Crippen LogP contribution in [0.25, 0.3) is 0 Å². The summed E-state index contributed by atoms with van der Waals surface area (Å²) < 4.78 is 11.4. The number of hydrogen-bond acceptors (Lipinski definition) is 5. The number of carbonyl (C=O) groups is 3. The maximum Gasteiger partial charge on any atom is 0.410 e. The Kier molecular flexibility index (Phi) is 5.35. The molecule has 0 aliphatic heterocycles. The van der Waals surface area contributed by atoms with Gasteiger partial charge in [0.2, 0.25) is 0 Å². The van der Waals surface area contributed by atoms with Crippen LogP contribution in [-0.4, -0.2) is 47.6 Å². The minimum absolute atomic E-state index is 0.293. The fraction of sp³-hybridized carbons (Fsp3) is 0.533. The number of nitrogens with zero attached hydrogens (tertiary/aromatic N) is 2. The summed E-state index contributed by atoms with van der Waals surface area (Å²) in [7, 11) is 4.40. The Hall–Kier alpha value is -2.31. The van der Waals surface area contributed by atoms with Gasteiger partial charge in [-0.3, -0.25) is 4.90 Å². The van der Waals surface area contributed by atoms with Crippen LogP contribution < -0.4 is 0 Å². The highest BCUT2D eigenvalue weighted by atomic mass is 16.6. The van der Waals surface area contributed by atoms with Gasteiger partial charge >= 0.3 is 12.1 Å². The molecule has 7 nitrogen and oxygen atoms in total.